The predicted octanol–water partition coefficient (Wildman–Crippen LogP) is -2.67. The van der Waals surface area contributed by atoms with Crippen molar-refractivity contribution in [3.8, 4) is 0 Å². The SMILES string of the molecule is C(=N[C@@H]1CCCC[C@H]1N=Cc1ccccn1)c1ccccn1.[Cl-].[Cl-].[Fe+2]. The third-order valence-corrected chi connectivity index (χ3v) is 3.87. The zero-order valence-corrected chi connectivity index (χ0v) is 16.3. The van der Waals surface area contributed by atoms with Crippen LogP contribution < -0.4 is 24.8 Å². The Bertz CT molecular complexity index is 581. The molecule has 0 aromatic carbocycles. The molecule has 3 rings (SSSR count). The molecular weight excluding hydrogens is 399 g/mol. The van der Waals surface area contributed by atoms with Gasteiger partial charge in [-0.15, -0.1) is 0 Å². The fourth-order valence-corrected chi connectivity index (χ4v) is 2.69. The van der Waals surface area contributed by atoms with Gasteiger partial charge in [0.1, 0.15) is 0 Å². The third kappa shape index (κ3) is 7.66. The monoisotopic (exact) mass is 418 g/mol. The first-order chi connectivity index (χ1) is 10.9. The minimum atomic E-state index is 0. The molecule has 0 radical (unpaired) electrons. The van der Waals surface area contributed by atoms with Crippen molar-refractivity contribution in [2.24, 2.45) is 9.98 Å². The molecule has 1 fully saturated rings. The molecular formula is C18H20Cl2FeN4. The number of rotatable bonds is 4. The number of aromatic nitrogens is 2. The molecule has 25 heavy (non-hydrogen) atoms. The molecule has 1 saturated carbocycles. The van der Waals surface area contributed by atoms with Crippen LogP contribution >= 0.6 is 0 Å². The van der Waals surface area contributed by atoms with Crippen molar-refractivity contribution in [2.75, 3.05) is 0 Å². The summed E-state index contributed by atoms with van der Waals surface area (Å²) in [6.45, 7) is 0. The van der Waals surface area contributed by atoms with Crippen LogP contribution in [-0.4, -0.2) is 34.5 Å². The summed E-state index contributed by atoms with van der Waals surface area (Å²) in [7, 11) is 0. The maximum absolute atomic E-state index is 4.73. The number of hydrogen-bond acceptors (Lipinski definition) is 4. The van der Waals surface area contributed by atoms with Crippen molar-refractivity contribution in [3.63, 3.8) is 0 Å². The Morgan fingerprint density at radius 2 is 1.20 bits per heavy atom. The van der Waals surface area contributed by atoms with Gasteiger partial charge in [0, 0.05) is 24.8 Å². The van der Waals surface area contributed by atoms with E-state index in [1.807, 2.05) is 48.8 Å². The van der Waals surface area contributed by atoms with E-state index >= 15 is 0 Å². The van der Waals surface area contributed by atoms with E-state index in [-0.39, 0.29) is 54.0 Å². The summed E-state index contributed by atoms with van der Waals surface area (Å²) in [5.74, 6) is 0. The Kier molecular flexibility index (Phi) is 12.4. The van der Waals surface area contributed by atoms with Crippen molar-refractivity contribution >= 4 is 12.4 Å². The first-order valence-electron chi connectivity index (χ1n) is 7.80. The first kappa shape index (κ1) is 23.7. The van der Waals surface area contributed by atoms with Gasteiger partial charge in [0.05, 0.1) is 23.5 Å². The summed E-state index contributed by atoms with van der Waals surface area (Å²) < 4.78 is 0. The molecule has 4 nitrogen and oxygen atoms in total. The second-order valence-electron chi connectivity index (χ2n) is 5.48. The smallest absolute Gasteiger partial charge is 1.00 e. The summed E-state index contributed by atoms with van der Waals surface area (Å²) in [5.41, 5.74) is 1.81. The van der Waals surface area contributed by atoms with E-state index in [0.29, 0.717) is 0 Å². The first-order valence-corrected chi connectivity index (χ1v) is 7.80. The fourth-order valence-electron chi connectivity index (χ4n) is 2.69. The van der Waals surface area contributed by atoms with E-state index in [1.165, 1.54) is 12.8 Å². The average molecular weight is 419 g/mol. The van der Waals surface area contributed by atoms with E-state index in [1.54, 1.807) is 12.4 Å². The van der Waals surface area contributed by atoms with E-state index in [0.717, 1.165) is 24.2 Å². The molecule has 1 aliphatic rings. The molecule has 0 amide bonds. The molecule has 134 valence electrons. The van der Waals surface area contributed by atoms with Crippen molar-refractivity contribution < 1.29 is 41.9 Å². The Hall–Kier alpha value is -1.26. The quantitative estimate of drug-likeness (QED) is 0.401. The van der Waals surface area contributed by atoms with Gasteiger partial charge in [-0.05, 0) is 37.1 Å². The third-order valence-electron chi connectivity index (χ3n) is 3.87. The molecule has 1 aliphatic carbocycles. The van der Waals surface area contributed by atoms with Gasteiger partial charge >= 0.3 is 17.1 Å². The van der Waals surface area contributed by atoms with E-state index in [9.17, 15) is 0 Å². The second kappa shape index (κ2) is 13.0. The van der Waals surface area contributed by atoms with Gasteiger partial charge in [0.15, 0.2) is 0 Å². The van der Waals surface area contributed by atoms with Crippen molar-refractivity contribution in [1.29, 1.82) is 0 Å². The minimum Gasteiger partial charge on any atom is -1.00 e. The van der Waals surface area contributed by atoms with Crippen molar-refractivity contribution in [3.05, 3.63) is 60.2 Å². The Labute approximate surface area is 172 Å². The summed E-state index contributed by atoms with van der Waals surface area (Å²) in [6, 6.07) is 12.2. The molecule has 2 aromatic heterocycles. The van der Waals surface area contributed by atoms with Crippen LogP contribution in [0.5, 0.6) is 0 Å². The molecule has 7 heteroatoms. The number of hydrogen-bond donors (Lipinski definition) is 0. The maximum Gasteiger partial charge on any atom is 2.00 e. The average Bonchev–Trinajstić information content (AvgIpc) is 2.61. The number of aliphatic imine (C=N–C) groups is 2. The van der Waals surface area contributed by atoms with E-state index < -0.39 is 0 Å². The van der Waals surface area contributed by atoms with Gasteiger partial charge in [0.2, 0.25) is 0 Å². The number of pyridine rings is 2. The normalized spacial score (nSPS) is 19.7. The zero-order valence-electron chi connectivity index (χ0n) is 13.7. The van der Waals surface area contributed by atoms with E-state index in [4.69, 9.17) is 9.98 Å². The Morgan fingerprint density at radius 1 is 0.760 bits per heavy atom. The molecule has 0 saturated heterocycles. The Morgan fingerprint density at radius 3 is 1.56 bits per heavy atom. The second-order valence-corrected chi connectivity index (χ2v) is 5.48. The number of nitrogens with zero attached hydrogens (tertiary/aromatic N) is 4. The van der Waals surface area contributed by atoms with Crippen molar-refractivity contribution in [1.82, 2.24) is 9.97 Å². The molecule has 0 N–H and O–H groups in total. The standard InChI is InChI=1S/C18H20N4.2ClH.Fe/c1-2-10-18(22-14-16-8-4-6-12-20-16)17(9-1)21-13-15-7-3-5-11-19-15;;;/h3-8,11-14,17-18H,1-2,9-10H2;2*1H;/q;;;+2/p-2/t17-,18-;;;/m1.../s1. The van der Waals surface area contributed by atoms with E-state index in [2.05, 4.69) is 9.97 Å². The van der Waals surface area contributed by atoms with Crippen LogP contribution in [0.3, 0.4) is 0 Å². The number of halogens is 2. The molecule has 0 unspecified atom stereocenters. The molecule has 2 heterocycles. The van der Waals surface area contributed by atoms with Gasteiger partial charge in [-0.25, -0.2) is 0 Å². The molecule has 0 bridgehead atoms. The maximum atomic E-state index is 4.73. The van der Waals surface area contributed by atoms with Crippen LogP contribution in [0, 0.1) is 0 Å². The van der Waals surface area contributed by atoms with Crippen LogP contribution in [0.25, 0.3) is 0 Å². The van der Waals surface area contributed by atoms with Gasteiger partial charge in [0.25, 0.3) is 0 Å². The van der Waals surface area contributed by atoms with Crippen LogP contribution in [0.15, 0.2) is 58.8 Å². The van der Waals surface area contributed by atoms with Gasteiger partial charge < -0.3 is 24.8 Å². The van der Waals surface area contributed by atoms with Gasteiger partial charge in [-0.2, -0.15) is 0 Å². The fraction of sp³-hybridized carbons (Fsp3) is 0.333. The topological polar surface area (TPSA) is 50.5 Å². The van der Waals surface area contributed by atoms with Crippen LogP contribution in [0.4, 0.5) is 0 Å². The molecule has 2 atom stereocenters. The predicted molar refractivity (Wildman–Crippen MR) is 89.7 cm³/mol. The summed E-state index contributed by atoms with van der Waals surface area (Å²) >= 11 is 0. The van der Waals surface area contributed by atoms with Gasteiger partial charge in [-0.1, -0.05) is 25.0 Å². The zero-order chi connectivity index (χ0) is 15.0. The molecule has 0 spiro atoms. The van der Waals surface area contributed by atoms with Crippen LogP contribution in [0.2, 0.25) is 0 Å². The molecule has 2 aromatic rings. The largest absolute Gasteiger partial charge is 2.00 e. The Balaban J connectivity index is 0.00000192. The minimum absolute atomic E-state index is 0. The van der Waals surface area contributed by atoms with Crippen LogP contribution in [0.1, 0.15) is 37.1 Å². The molecule has 0 aliphatic heterocycles. The van der Waals surface area contributed by atoms with Gasteiger partial charge in [-0.3, -0.25) is 20.0 Å². The summed E-state index contributed by atoms with van der Waals surface area (Å²) in [6.07, 6.45) is 12.0. The summed E-state index contributed by atoms with van der Waals surface area (Å²) in [5, 5.41) is 0. The summed E-state index contributed by atoms with van der Waals surface area (Å²) in [4.78, 5) is 18.0. The van der Waals surface area contributed by atoms with Crippen molar-refractivity contribution in [2.45, 2.75) is 37.8 Å². The van der Waals surface area contributed by atoms with Crippen LogP contribution in [-0.2, 0) is 17.1 Å².